The van der Waals surface area contributed by atoms with Crippen molar-refractivity contribution in [1.29, 1.82) is 0 Å². The van der Waals surface area contributed by atoms with Crippen molar-refractivity contribution in [3.63, 3.8) is 0 Å². The van der Waals surface area contributed by atoms with E-state index < -0.39 is 10.0 Å². The number of anilines is 2. The maximum absolute atomic E-state index is 13.8. The van der Waals surface area contributed by atoms with Crippen molar-refractivity contribution in [2.24, 2.45) is 0 Å². The summed E-state index contributed by atoms with van der Waals surface area (Å²) in [5.41, 5.74) is 8.94. The van der Waals surface area contributed by atoms with Crippen LogP contribution in [-0.4, -0.2) is 12.4 Å². The third-order valence-electron chi connectivity index (χ3n) is 7.08. The van der Waals surface area contributed by atoms with E-state index in [2.05, 4.69) is 61.6 Å². The number of para-hydroxylation sites is 1. The number of benzene rings is 5. The predicted octanol–water partition coefficient (Wildman–Crippen LogP) is 8.37. The zero-order valence-electron chi connectivity index (χ0n) is 21.6. The number of hydrogen-bond donors (Lipinski definition) is 1. The summed E-state index contributed by atoms with van der Waals surface area (Å²) in [7, 11) is -3.79. The lowest BCUT2D eigenvalue weighted by molar-refractivity contribution is 0.590. The number of aromatic nitrogens is 1. The molecule has 0 aliphatic rings. The molecular formula is C33H28N2O2S. The zero-order valence-corrected chi connectivity index (χ0v) is 22.4. The van der Waals surface area contributed by atoms with Crippen molar-refractivity contribution in [3.8, 4) is 11.1 Å². The topological polar surface area (TPSA) is 51.1 Å². The van der Waals surface area contributed by atoms with E-state index in [0.717, 1.165) is 33.3 Å². The average Bonchev–Trinajstić information content (AvgIpc) is 3.25. The molecule has 0 bridgehead atoms. The fourth-order valence-electron chi connectivity index (χ4n) is 5.11. The Morgan fingerprint density at radius 2 is 1.29 bits per heavy atom. The highest BCUT2D eigenvalue weighted by atomic mass is 32.2. The molecule has 1 N–H and O–H groups in total. The van der Waals surface area contributed by atoms with Gasteiger partial charge in [0.25, 0.3) is 10.0 Å². The second kappa shape index (κ2) is 9.19. The molecule has 4 nitrogen and oxygen atoms in total. The van der Waals surface area contributed by atoms with Crippen LogP contribution in [0.3, 0.4) is 0 Å². The quantitative estimate of drug-likeness (QED) is 0.250. The fourth-order valence-corrected chi connectivity index (χ4v) is 6.64. The Labute approximate surface area is 223 Å². The highest BCUT2D eigenvalue weighted by Gasteiger charge is 2.23. The third-order valence-corrected chi connectivity index (χ3v) is 8.82. The van der Waals surface area contributed by atoms with Crippen molar-refractivity contribution < 1.29 is 8.42 Å². The second-order valence-electron chi connectivity index (χ2n) is 9.82. The summed E-state index contributed by atoms with van der Waals surface area (Å²) < 4.78 is 29.1. The van der Waals surface area contributed by atoms with Crippen molar-refractivity contribution in [2.75, 3.05) is 5.32 Å². The second-order valence-corrected chi connectivity index (χ2v) is 11.6. The molecule has 5 aromatic carbocycles. The Morgan fingerprint density at radius 3 is 2.08 bits per heavy atom. The number of fused-ring (bicyclic) bond motifs is 3. The van der Waals surface area contributed by atoms with Crippen LogP contribution in [0.1, 0.15) is 16.7 Å². The van der Waals surface area contributed by atoms with Crippen molar-refractivity contribution in [3.05, 3.63) is 126 Å². The van der Waals surface area contributed by atoms with E-state index in [-0.39, 0.29) is 4.90 Å². The molecule has 0 radical (unpaired) electrons. The number of rotatable bonds is 5. The molecule has 0 aliphatic heterocycles. The van der Waals surface area contributed by atoms with Crippen LogP contribution in [0, 0.1) is 20.8 Å². The molecule has 0 aliphatic carbocycles. The molecular weight excluding hydrogens is 488 g/mol. The molecule has 1 heterocycles. The summed E-state index contributed by atoms with van der Waals surface area (Å²) >= 11 is 0. The average molecular weight is 517 g/mol. The van der Waals surface area contributed by atoms with Gasteiger partial charge in [-0.3, -0.25) is 0 Å². The first kappa shape index (κ1) is 24.0. The molecule has 38 heavy (non-hydrogen) atoms. The molecule has 0 atom stereocenters. The third kappa shape index (κ3) is 4.05. The Hall–Kier alpha value is -4.35. The number of nitrogens with one attached hydrogen (secondary N) is 1. The van der Waals surface area contributed by atoms with Crippen LogP contribution in [-0.2, 0) is 10.0 Å². The fraction of sp³-hybridized carbons (Fsp3) is 0.0909. The van der Waals surface area contributed by atoms with Gasteiger partial charge in [-0.2, -0.15) is 0 Å². The van der Waals surface area contributed by atoms with Gasteiger partial charge in [-0.1, -0.05) is 71.8 Å². The van der Waals surface area contributed by atoms with Gasteiger partial charge in [-0.25, -0.2) is 12.4 Å². The molecule has 6 rings (SSSR count). The highest BCUT2D eigenvalue weighted by molar-refractivity contribution is 7.90. The van der Waals surface area contributed by atoms with E-state index >= 15 is 0 Å². The van der Waals surface area contributed by atoms with Crippen LogP contribution in [0.4, 0.5) is 11.4 Å². The van der Waals surface area contributed by atoms with Gasteiger partial charge in [0.2, 0.25) is 0 Å². The number of hydrogen-bond acceptors (Lipinski definition) is 3. The molecule has 0 saturated carbocycles. The Kier molecular flexibility index (Phi) is 5.81. The molecule has 5 heteroatoms. The standard InChI is InChI=1S/C33H28N2O2S/c1-22-12-16-26(17-13-22)38(36,37)35-32-11-7-6-10-28(32)30-21-25(15-19-33(30)35)34-31-18-14-23(2)20-29(31)27-9-5-4-8-24(27)3/h4-21,34H,1-3H3. The smallest absolute Gasteiger partial charge is 0.268 e. The highest BCUT2D eigenvalue weighted by Crippen LogP contribution is 2.37. The van der Waals surface area contributed by atoms with Crippen LogP contribution in [0.5, 0.6) is 0 Å². The van der Waals surface area contributed by atoms with Crippen molar-refractivity contribution in [2.45, 2.75) is 25.7 Å². The summed E-state index contributed by atoms with van der Waals surface area (Å²) in [4.78, 5) is 0.274. The Bertz CT molecular complexity index is 1930. The van der Waals surface area contributed by atoms with E-state index in [9.17, 15) is 8.42 Å². The molecule has 6 aromatic rings. The van der Waals surface area contributed by atoms with Crippen LogP contribution < -0.4 is 5.32 Å². The summed E-state index contributed by atoms with van der Waals surface area (Å²) in [5, 5.41) is 5.38. The molecule has 0 saturated heterocycles. The van der Waals surface area contributed by atoms with Crippen molar-refractivity contribution in [1.82, 2.24) is 3.97 Å². The van der Waals surface area contributed by atoms with Crippen molar-refractivity contribution >= 4 is 43.2 Å². The first-order valence-corrected chi connectivity index (χ1v) is 14.1. The maximum Gasteiger partial charge on any atom is 0.268 e. The summed E-state index contributed by atoms with van der Waals surface area (Å²) in [6, 6.07) is 35.3. The number of aryl methyl sites for hydroxylation is 3. The van der Waals surface area contributed by atoms with Gasteiger partial charge >= 0.3 is 0 Å². The summed E-state index contributed by atoms with van der Waals surface area (Å²) in [6.45, 7) is 6.17. The van der Waals surface area contributed by atoms with E-state index in [0.29, 0.717) is 11.0 Å². The van der Waals surface area contributed by atoms with Gasteiger partial charge in [-0.05, 0) is 80.4 Å². The lowest BCUT2D eigenvalue weighted by Gasteiger charge is -2.15. The van der Waals surface area contributed by atoms with Crippen LogP contribution >= 0.6 is 0 Å². The van der Waals surface area contributed by atoms with Gasteiger partial charge in [-0.15, -0.1) is 0 Å². The molecule has 0 fully saturated rings. The van der Waals surface area contributed by atoms with E-state index in [4.69, 9.17) is 0 Å². The lowest BCUT2D eigenvalue weighted by Crippen LogP contribution is -2.12. The van der Waals surface area contributed by atoms with Crippen LogP contribution in [0.15, 0.2) is 114 Å². The summed E-state index contributed by atoms with van der Waals surface area (Å²) in [6.07, 6.45) is 0. The minimum Gasteiger partial charge on any atom is -0.355 e. The summed E-state index contributed by atoms with van der Waals surface area (Å²) in [5.74, 6) is 0. The lowest BCUT2D eigenvalue weighted by atomic mass is 9.97. The SMILES string of the molecule is Cc1ccc(S(=O)(=O)n2c3ccccc3c3cc(Nc4ccc(C)cc4-c4ccccc4C)ccc32)cc1. The normalized spacial score (nSPS) is 11.8. The van der Waals surface area contributed by atoms with Gasteiger partial charge in [0.1, 0.15) is 0 Å². The molecule has 1 aromatic heterocycles. The zero-order chi connectivity index (χ0) is 26.4. The monoisotopic (exact) mass is 516 g/mol. The molecule has 0 spiro atoms. The Morgan fingerprint density at radius 1 is 0.605 bits per heavy atom. The minimum absolute atomic E-state index is 0.274. The first-order valence-electron chi connectivity index (χ1n) is 12.6. The largest absolute Gasteiger partial charge is 0.355 e. The van der Waals surface area contributed by atoms with Crippen LogP contribution in [0.25, 0.3) is 32.9 Å². The molecule has 0 amide bonds. The van der Waals surface area contributed by atoms with Gasteiger partial charge < -0.3 is 5.32 Å². The van der Waals surface area contributed by atoms with E-state index in [1.54, 1.807) is 12.1 Å². The predicted molar refractivity (Wildman–Crippen MR) is 158 cm³/mol. The van der Waals surface area contributed by atoms with E-state index in [1.807, 2.05) is 61.5 Å². The number of nitrogens with zero attached hydrogens (tertiary/aromatic N) is 1. The van der Waals surface area contributed by atoms with E-state index in [1.165, 1.54) is 20.7 Å². The van der Waals surface area contributed by atoms with Crippen LogP contribution in [0.2, 0.25) is 0 Å². The molecule has 188 valence electrons. The Balaban J connectivity index is 1.50. The van der Waals surface area contributed by atoms with Gasteiger partial charge in [0.05, 0.1) is 15.9 Å². The van der Waals surface area contributed by atoms with Gasteiger partial charge in [0, 0.05) is 27.7 Å². The maximum atomic E-state index is 13.8. The van der Waals surface area contributed by atoms with Gasteiger partial charge in [0.15, 0.2) is 0 Å². The molecule has 0 unspecified atom stereocenters. The minimum atomic E-state index is -3.79. The first-order chi connectivity index (χ1) is 18.3.